The summed E-state index contributed by atoms with van der Waals surface area (Å²) < 4.78 is 26.0. The maximum atomic E-state index is 14.2. The zero-order chi connectivity index (χ0) is 28.1. The Hall–Kier alpha value is -4.43. The van der Waals surface area contributed by atoms with E-state index in [-0.39, 0.29) is 17.9 Å². The topological polar surface area (TPSA) is 84.9 Å². The number of amides is 4. The molecule has 0 bridgehead atoms. The molecule has 1 aliphatic heterocycles. The molecule has 4 rings (SSSR count). The van der Waals surface area contributed by atoms with Gasteiger partial charge in [-0.25, -0.2) is 14.1 Å². The fourth-order valence-electron chi connectivity index (χ4n) is 4.13. The molecule has 0 aromatic heterocycles. The molecule has 1 heterocycles. The van der Waals surface area contributed by atoms with Crippen LogP contribution in [0.15, 0.2) is 72.8 Å². The second-order valence-electron chi connectivity index (χ2n) is 8.70. The zero-order valence-electron chi connectivity index (χ0n) is 21.4. The third-order valence-corrected chi connectivity index (χ3v) is 6.21. The van der Waals surface area contributed by atoms with Crippen molar-refractivity contribution in [3.8, 4) is 11.5 Å². The first kappa shape index (κ1) is 27.6. The highest BCUT2D eigenvalue weighted by molar-refractivity contribution is 6.39. The molecule has 4 amide bonds. The maximum absolute atomic E-state index is 14.2. The first-order chi connectivity index (χ1) is 18.7. The van der Waals surface area contributed by atoms with Gasteiger partial charge in [0.05, 0.1) is 12.3 Å². The van der Waals surface area contributed by atoms with Crippen LogP contribution >= 0.6 is 11.6 Å². The van der Waals surface area contributed by atoms with Crippen LogP contribution in [0.5, 0.6) is 11.5 Å². The first-order valence-corrected chi connectivity index (χ1v) is 12.6. The van der Waals surface area contributed by atoms with Crippen molar-refractivity contribution in [2.75, 3.05) is 11.5 Å². The van der Waals surface area contributed by atoms with Crippen LogP contribution in [-0.4, -0.2) is 24.5 Å². The minimum atomic E-state index is -0.869. The number of anilines is 1. The van der Waals surface area contributed by atoms with E-state index < -0.39 is 23.7 Å². The van der Waals surface area contributed by atoms with Crippen LogP contribution in [0.4, 0.5) is 14.9 Å². The van der Waals surface area contributed by atoms with Crippen molar-refractivity contribution < 1.29 is 28.2 Å². The number of barbiturate groups is 1. The Morgan fingerprint density at radius 3 is 2.54 bits per heavy atom. The average Bonchev–Trinajstić information content (AvgIpc) is 2.89. The van der Waals surface area contributed by atoms with E-state index in [1.54, 1.807) is 62.4 Å². The molecule has 1 aliphatic rings. The molecule has 1 fully saturated rings. The lowest BCUT2D eigenvalue weighted by Gasteiger charge is -2.27. The highest BCUT2D eigenvalue weighted by Crippen LogP contribution is 2.36. The number of imide groups is 2. The molecule has 39 heavy (non-hydrogen) atoms. The Morgan fingerprint density at radius 2 is 1.82 bits per heavy atom. The number of carbonyl (C=O) groups excluding carboxylic acids is 3. The van der Waals surface area contributed by atoms with Crippen LogP contribution in [0.25, 0.3) is 6.08 Å². The molecule has 200 valence electrons. The van der Waals surface area contributed by atoms with Crippen molar-refractivity contribution >= 4 is 41.2 Å². The summed E-state index contributed by atoms with van der Waals surface area (Å²) in [6, 6.07) is 13.6. The lowest BCUT2D eigenvalue weighted by molar-refractivity contribution is -0.122. The number of hydrogen-bond acceptors (Lipinski definition) is 5. The van der Waals surface area contributed by atoms with Crippen molar-refractivity contribution in [1.82, 2.24) is 5.32 Å². The predicted molar refractivity (Wildman–Crippen MR) is 147 cm³/mol. The minimum absolute atomic E-state index is 0.0335. The number of urea groups is 1. The molecule has 3 aromatic carbocycles. The maximum Gasteiger partial charge on any atom is 0.335 e. The van der Waals surface area contributed by atoms with E-state index in [9.17, 15) is 18.8 Å². The summed E-state index contributed by atoms with van der Waals surface area (Å²) in [4.78, 5) is 39.7. The van der Waals surface area contributed by atoms with Gasteiger partial charge in [0, 0.05) is 16.1 Å². The van der Waals surface area contributed by atoms with Crippen LogP contribution < -0.4 is 19.7 Å². The first-order valence-electron chi connectivity index (χ1n) is 12.2. The number of hydrogen-bond donors (Lipinski definition) is 1. The number of halogens is 2. The number of ether oxygens (including phenoxy) is 2. The molecule has 0 radical (unpaired) electrons. The van der Waals surface area contributed by atoms with Crippen LogP contribution in [0.3, 0.4) is 0 Å². The van der Waals surface area contributed by atoms with Gasteiger partial charge in [0.15, 0.2) is 11.5 Å². The summed E-state index contributed by atoms with van der Waals surface area (Å²) in [6.07, 6.45) is 3.42. The van der Waals surface area contributed by atoms with Gasteiger partial charge < -0.3 is 9.47 Å². The molecule has 9 heteroatoms. The van der Waals surface area contributed by atoms with Crippen molar-refractivity contribution in [1.29, 1.82) is 0 Å². The lowest BCUT2D eigenvalue weighted by atomic mass is 10.0. The molecule has 0 aliphatic carbocycles. The SMILES string of the molecule is C=CCc1cc(/C=C2\C(=O)NC(=O)N(c3cc(Cl)ccc3C)C2=O)cc(OCC)c1OCc1ccccc1F. The van der Waals surface area contributed by atoms with Crippen molar-refractivity contribution in [2.45, 2.75) is 26.9 Å². The Morgan fingerprint density at radius 1 is 1.05 bits per heavy atom. The summed E-state index contributed by atoms with van der Waals surface area (Å²) in [6.45, 7) is 7.59. The Bertz CT molecular complexity index is 1500. The van der Waals surface area contributed by atoms with E-state index in [0.717, 1.165) is 4.90 Å². The molecule has 3 aromatic rings. The molecule has 0 atom stereocenters. The third-order valence-electron chi connectivity index (χ3n) is 5.97. The number of rotatable bonds is 9. The highest BCUT2D eigenvalue weighted by Gasteiger charge is 2.37. The molecule has 1 saturated heterocycles. The van der Waals surface area contributed by atoms with Crippen molar-refractivity contribution in [3.05, 3.63) is 106 Å². The van der Waals surface area contributed by atoms with Crippen molar-refractivity contribution in [2.24, 2.45) is 0 Å². The largest absolute Gasteiger partial charge is 0.490 e. The standard InChI is InChI=1S/C30H26ClFN2O5/c1-4-8-20-13-19(15-26(38-5-2)27(20)39-17-21-9-6-7-10-24(21)32)14-23-28(35)33-30(37)34(29(23)36)25-16-22(31)12-11-18(25)3/h4,6-7,9-16H,1,5,8,17H2,2-3H3,(H,33,35,37)/b23-14+. The molecule has 0 spiro atoms. The van der Waals surface area contributed by atoms with Crippen LogP contribution in [0.2, 0.25) is 5.02 Å². The summed E-state index contributed by atoms with van der Waals surface area (Å²) in [5.41, 5.74) is 2.13. The molecule has 0 unspecified atom stereocenters. The van der Waals surface area contributed by atoms with Crippen LogP contribution in [-0.2, 0) is 22.6 Å². The minimum Gasteiger partial charge on any atom is -0.490 e. The number of benzene rings is 3. The van der Waals surface area contributed by atoms with Gasteiger partial charge in [0.1, 0.15) is 18.0 Å². The molecule has 0 saturated carbocycles. The fraction of sp³-hybridized carbons (Fsp3) is 0.167. The Balaban J connectivity index is 1.75. The molecular weight excluding hydrogens is 523 g/mol. The van der Waals surface area contributed by atoms with Gasteiger partial charge >= 0.3 is 6.03 Å². The van der Waals surface area contributed by atoms with E-state index in [0.29, 0.717) is 51.8 Å². The average molecular weight is 549 g/mol. The van der Waals surface area contributed by atoms with Gasteiger partial charge in [0.2, 0.25) is 0 Å². The number of aryl methyl sites for hydroxylation is 1. The van der Waals surface area contributed by atoms with E-state index >= 15 is 0 Å². The number of nitrogens with zero attached hydrogens (tertiary/aromatic N) is 1. The second-order valence-corrected chi connectivity index (χ2v) is 9.14. The van der Waals surface area contributed by atoms with E-state index in [1.807, 2.05) is 0 Å². The van der Waals surface area contributed by atoms with E-state index in [1.165, 1.54) is 18.2 Å². The number of carbonyl (C=O) groups is 3. The molecular formula is C30H26ClFN2O5. The van der Waals surface area contributed by atoms with Crippen LogP contribution in [0.1, 0.15) is 29.2 Å². The van der Waals surface area contributed by atoms with Gasteiger partial charge in [-0.05, 0) is 67.8 Å². The summed E-state index contributed by atoms with van der Waals surface area (Å²) in [5.74, 6) is -1.27. The smallest absolute Gasteiger partial charge is 0.335 e. The lowest BCUT2D eigenvalue weighted by Crippen LogP contribution is -2.54. The zero-order valence-corrected chi connectivity index (χ0v) is 22.2. The Labute approximate surface area is 230 Å². The number of allylic oxidation sites excluding steroid dienone is 1. The summed E-state index contributed by atoms with van der Waals surface area (Å²) >= 11 is 6.10. The van der Waals surface area contributed by atoms with Crippen LogP contribution in [0, 0.1) is 12.7 Å². The van der Waals surface area contributed by atoms with Gasteiger partial charge in [-0.15, -0.1) is 6.58 Å². The normalized spacial score (nSPS) is 14.4. The second kappa shape index (κ2) is 12.0. The highest BCUT2D eigenvalue weighted by atomic mass is 35.5. The van der Waals surface area contributed by atoms with Crippen molar-refractivity contribution in [3.63, 3.8) is 0 Å². The number of nitrogens with one attached hydrogen (secondary N) is 1. The van der Waals surface area contributed by atoms with E-state index in [4.69, 9.17) is 21.1 Å². The van der Waals surface area contributed by atoms with Gasteiger partial charge in [-0.3, -0.25) is 14.9 Å². The van der Waals surface area contributed by atoms with Gasteiger partial charge in [-0.2, -0.15) is 0 Å². The molecule has 1 N–H and O–H groups in total. The van der Waals surface area contributed by atoms with E-state index in [2.05, 4.69) is 11.9 Å². The summed E-state index contributed by atoms with van der Waals surface area (Å²) in [5, 5.41) is 2.55. The van der Waals surface area contributed by atoms with Gasteiger partial charge in [0.25, 0.3) is 11.8 Å². The third kappa shape index (κ3) is 6.02. The quantitative estimate of drug-likeness (QED) is 0.197. The predicted octanol–water partition coefficient (Wildman–Crippen LogP) is 6.16. The fourth-order valence-corrected chi connectivity index (χ4v) is 4.30. The molecule has 7 nitrogen and oxygen atoms in total. The Kier molecular flexibility index (Phi) is 8.46. The summed E-state index contributed by atoms with van der Waals surface area (Å²) in [7, 11) is 0. The monoisotopic (exact) mass is 548 g/mol. The van der Waals surface area contributed by atoms with Gasteiger partial charge in [-0.1, -0.05) is 41.9 Å².